The van der Waals surface area contributed by atoms with Crippen LogP contribution in [0.15, 0.2) is 53.4 Å². The maximum atomic E-state index is 12.6. The van der Waals surface area contributed by atoms with Crippen molar-refractivity contribution in [1.29, 1.82) is 0 Å². The molecule has 2 aromatic rings. The molecule has 156 valence electrons. The summed E-state index contributed by atoms with van der Waals surface area (Å²) in [5.41, 5.74) is 1.07. The molecule has 0 bridgehead atoms. The molecule has 2 rings (SSSR count). The monoisotopic (exact) mass is 426 g/mol. The van der Waals surface area contributed by atoms with E-state index < -0.39 is 22.5 Å². The van der Waals surface area contributed by atoms with Gasteiger partial charge in [-0.1, -0.05) is 24.3 Å². The van der Waals surface area contributed by atoms with Crippen molar-refractivity contribution < 1.29 is 31.5 Å². The van der Waals surface area contributed by atoms with Gasteiger partial charge in [0, 0.05) is 18.2 Å². The zero-order valence-corrected chi connectivity index (χ0v) is 16.3. The zero-order valence-electron chi connectivity index (χ0n) is 15.5. The second-order valence-corrected chi connectivity index (χ2v) is 7.38. The minimum Gasteiger partial charge on any atom is -0.493 e. The van der Waals surface area contributed by atoms with Gasteiger partial charge in [-0.05, 0) is 36.3 Å². The summed E-state index contributed by atoms with van der Waals surface area (Å²) in [6.45, 7) is -2.75. The molecular weight excluding hydrogens is 406 g/mol. The summed E-state index contributed by atoms with van der Waals surface area (Å²) in [6.07, 6.45) is 3.00. The van der Waals surface area contributed by atoms with E-state index in [0.717, 1.165) is 5.56 Å². The van der Waals surface area contributed by atoms with Gasteiger partial charge in [0.05, 0.1) is 12.0 Å². The van der Waals surface area contributed by atoms with Crippen LogP contribution in [0.2, 0.25) is 0 Å². The van der Waals surface area contributed by atoms with E-state index in [1.807, 2.05) is 0 Å². The predicted octanol–water partition coefficient (Wildman–Crippen LogP) is 2.32. The molecule has 7 nitrogen and oxygen atoms in total. The molecule has 1 amide bonds. The van der Waals surface area contributed by atoms with Crippen molar-refractivity contribution in [3.63, 3.8) is 0 Å². The van der Waals surface area contributed by atoms with Gasteiger partial charge in [0.25, 0.3) is 0 Å². The Morgan fingerprint density at radius 2 is 1.90 bits per heavy atom. The molecule has 0 radical (unpaired) electrons. The summed E-state index contributed by atoms with van der Waals surface area (Å²) >= 11 is 0. The van der Waals surface area contributed by atoms with Gasteiger partial charge in [-0.15, -0.1) is 0 Å². The summed E-state index contributed by atoms with van der Waals surface area (Å²) in [4.78, 5) is 12.0. The first-order chi connectivity index (χ1) is 13.7. The average Bonchev–Trinajstić information content (AvgIpc) is 2.66. The number of alkyl halides is 2. The number of rotatable bonds is 9. The van der Waals surface area contributed by atoms with Gasteiger partial charge in [0.15, 0.2) is 11.5 Å². The van der Waals surface area contributed by atoms with Gasteiger partial charge in [-0.2, -0.15) is 8.78 Å². The summed E-state index contributed by atoms with van der Waals surface area (Å²) in [7, 11) is -2.43. The highest BCUT2D eigenvalue weighted by Gasteiger charge is 2.14. The maximum absolute atomic E-state index is 12.6. The number of ether oxygens (including phenoxy) is 2. The van der Waals surface area contributed by atoms with Crippen molar-refractivity contribution in [2.24, 2.45) is 5.14 Å². The maximum Gasteiger partial charge on any atom is 0.387 e. The highest BCUT2D eigenvalue weighted by Crippen LogP contribution is 2.33. The highest BCUT2D eigenvalue weighted by molar-refractivity contribution is 7.89. The van der Waals surface area contributed by atoms with Crippen molar-refractivity contribution in [2.75, 3.05) is 13.7 Å². The number of carbonyl (C=O) groups excluding carboxylic acids is 1. The number of benzene rings is 2. The Hall–Kier alpha value is -2.98. The summed E-state index contributed by atoms with van der Waals surface area (Å²) < 4.78 is 57.1. The van der Waals surface area contributed by atoms with Crippen molar-refractivity contribution >= 4 is 22.0 Å². The fourth-order valence-electron chi connectivity index (χ4n) is 2.44. The number of carbonyl (C=O) groups is 1. The SMILES string of the molecule is COc1cccc(/C=C/C(=O)NCCc2ccc(S(N)(=O)=O)cc2)c1OC(F)F. The van der Waals surface area contributed by atoms with E-state index in [-0.39, 0.29) is 28.5 Å². The number of hydrogen-bond acceptors (Lipinski definition) is 5. The molecule has 0 saturated heterocycles. The fourth-order valence-corrected chi connectivity index (χ4v) is 2.96. The second kappa shape index (κ2) is 9.99. The normalized spacial score (nSPS) is 11.6. The van der Waals surface area contributed by atoms with Crippen LogP contribution in [0.4, 0.5) is 8.78 Å². The number of sulfonamides is 1. The Labute approximate surface area is 167 Å². The standard InChI is InChI=1S/C19H20F2N2O5S/c1-27-16-4-2-3-14(18(16)28-19(20)21)7-10-17(24)23-12-11-13-5-8-15(9-6-13)29(22,25)26/h2-10,19H,11-12H2,1H3,(H,23,24)(H2,22,25,26)/b10-7+. The quantitative estimate of drug-likeness (QED) is 0.599. The zero-order chi connectivity index (χ0) is 21.4. The number of methoxy groups -OCH3 is 1. The number of amides is 1. The van der Waals surface area contributed by atoms with Gasteiger partial charge in [-0.3, -0.25) is 4.79 Å². The average molecular weight is 426 g/mol. The van der Waals surface area contributed by atoms with E-state index in [1.54, 1.807) is 18.2 Å². The van der Waals surface area contributed by atoms with Gasteiger partial charge < -0.3 is 14.8 Å². The first-order valence-electron chi connectivity index (χ1n) is 8.40. The van der Waals surface area contributed by atoms with Gasteiger partial charge >= 0.3 is 6.61 Å². The van der Waals surface area contributed by atoms with Crippen LogP contribution >= 0.6 is 0 Å². The van der Waals surface area contributed by atoms with Crippen molar-refractivity contribution in [2.45, 2.75) is 17.9 Å². The lowest BCUT2D eigenvalue weighted by Crippen LogP contribution is -2.23. The van der Waals surface area contributed by atoms with Crippen LogP contribution in [-0.2, 0) is 21.2 Å². The first kappa shape index (κ1) is 22.3. The lowest BCUT2D eigenvalue weighted by Gasteiger charge is -2.12. The molecule has 0 heterocycles. The Morgan fingerprint density at radius 1 is 1.21 bits per heavy atom. The van der Waals surface area contributed by atoms with Gasteiger partial charge in [-0.25, -0.2) is 13.6 Å². The third-order valence-electron chi connectivity index (χ3n) is 3.82. The molecule has 0 fully saturated rings. The van der Waals surface area contributed by atoms with Crippen molar-refractivity contribution in [1.82, 2.24) is 5.32 Å². The largest absolute Gasteiger partial charge is 0.493 e. The lowest BCUT2D eigenvalue weighted by molar-refractivity contribution is -0.116. The topological polar surface area (TPSA) is 108 Å². The fraction of sp³-hybridized carbons (Fsp3) is 0.211. The highest BCUT2D eigenvalue weighted by atomic mass is 32.2. The van der Waals surface area contributed by atoms with E-state index in [1.165, 1.54) is 43.5 Å². The Morgan fingerprint density at radius 3 is 2.48 bits per heavy atom. The van der Waals surface area contributed by atoms with E-state index in [9.17, 15) is 22.0 Å². The molecule has 29 heavy (non-hydrogen) atoms. The lowest BCUT2D eigenvalue weighted by atomic mass is 10.1. The number of hydrogen-bond donors (Lipinski definition) is 2. The van der Waals surface area contributed by atoms with Crippen LogP contribution in [0.5, 0.6) is 11.5 Å². The molecule has 0 aliphatic rings. The van der Waals surface area contributed by atoms with Gasteiger partial charge in [0.2, 0.25) is 15.9 Å². The van der Waals surface area contributed by atoms with Crippen LogP contribution in [0.1, 0.15) is 11.1 Å². The van der Waals surface area contributed by atoms with Crippen LogP contribution in [0.25, 0.3) is 6.08 Å². The molecule has 0 atom stereocenters. The molecular formula is C19H20F2N2O5S. The Balaban J connectivity index is 1.95. The Bertz CT molecular complexity index is 977. The second-order valence-electron chi connectivity index (χ2n) is 5.82. The van der Waals surface area contributed by atoms with Gasteiger partial charge in [0.1, 0.15) is 0 Å². The van der Waals surface area contributed by atoms with Crippen LogP contribution in [-0.4, -0.2) is 34.6 Å². The molecule has 0 spiro atoms. The molecule has 0 aliphatic carbocycles. The van der Waals surface area contributed by atoms with E-state index >= 15 is 0 Å². The van der Waals surface area contributed by atoms with Crippen molar-refractivity contribution in [3.05, 3.63) is 59.7 Å². The number of halogens is 2. The number of primary sulfonamides is 1. The number of nitrogens with one attached hydrogen (secondary N) is 1. The number of para-hydroxylation sites is 1. The smallest absolute Gasteiger partial charge is 0.387 e. The number of nitrogens with two attached hydrogens (primary N) is 1. The van der Waals surface area contributed by atoms with E-state index in [0.29, 0.717) is 6.42 Å². The molecule has 0 unspecified atom stereocenters. The summed E-state index contributed by atoms with van der Waals surface area (Å²) in [5.74, 6) is -0.475. The molecule has 0 aromatic heterocycles. The van der Waals surface area contributed by atoms with Crippen molar-refractivity contribution in [3.8, 4) is 11.5 Å². The van der Waals surface area contributed by atoms with Crippen LogP contribution in [0.3, 0.4) is 0 Å². The van der Waals surface area contributed by atoms with E-state index in [2.05, 4.69) is 10.1 Å². The summed E-state index contributed by atoms with van der Waals surface area (Å²) in [6, 6.07) is 10.5. The third-order valence-corrected chi connectivity index (χ3v) is 4.74. The minimum atomic E-state index is -3.75. The van der Waals surface area contributed by atoms with Crippen LogP contribution in [0, 0.1) is 0 Å². The first-order valence-corrected chi connectivity index (χ1v) is 9.95. The van der Waals surface area contributed by atoms with E-state index in [4.69, 9.17) is 9.88 Å². The molecule has 0 saturated carbocycles. The molecule has 0 aliphatic heterocycles. The van der Waals surface area contributed by atoms with Crippen LogP contribution < -0.4 is 19.9 Å². The third kappa shape index (κ3) is 6.84. The summed E-state index contributed by atoms with van der Waals surface area (Å²) in [5, 5.41) is 7.68. The molecule has 2 aromatic carbocycles. The molecule has 3 N–H and O–H groups in total. The Kier molecular flexibility index (Phi) is 7.68. The predicted molar refractivity (Wildman–Crippen MR) is 103 cm³/mol. The minimum absolute atomic E-state index is 0.00771. The molecule has 10 heteroatoms.